The second-order valence-corrected chi connectivity index (χ2v) is 5.83. The van der Waals surface area contributed by atoms with Crippen LogP contribution >= 0.6 is 12.4 Å². The van der Waals surface area contributed by atoms with Crippen LogP contribution in [0.3, 0.4) is 0 Å². The Kier molecular flexibility index (Phi) is 6.49. The topological polar surface area (TPSA) is 55.1 Å². The van der Waals surface area contributed by atoms with Crippen LogP contribution in [0.2, 0.25) is 0 Å². The Labute approximate surface area is 111 Å². The van der Waals surface area contributed by atoms with Crippen LogP contribution in [0.4, 0.5) is 0 Å². The lowest BCUT2D eigenvalue weighted by molar-refractivity contribution is -0.129. The fourth-order valence-electron chi connectivity index (χ4n) is 2.38. The predicted molar refractivity (Wildman–Crippen MR) is 74.3 cm³/mol. The Morgan fingerprint density at radius 1 is 1.35 bits per heavy atom. The van der Waals surface area contributed by atoms with Gasteiger partial charge in [0.05, 0.1) is 5.41 Å². The highest BCUT2D eigenvalue weighted by atomic mass is 35.5. The van der Waals surface area contributed by atoms with Gasteiger partial charge in [-0.2, -0.15) is 0 Å². The van der Waals surface area contributed by atoms with Gasteiger partial charge < -0.3 is 11.1 Å². The predicted octanol–water partition coefficient (Wildman–Crippen LogP) is 2.48. The lowest BCUT2D eigenvalue weighted by Gasteiger charge is -2.30. The molecule has 3 nitrogen and oxygen atoms in total. The van der Waals surface area contributed by atoms with Crippen LogP contribution in [0.5, 0.6) is 0 Å². The maximum Gasteiger partial charge on any atom is 0.226 e. The number of rotatable bonds is 5. The smallest absolute Gasteiger partial charge is 0.226 e. The van der Waals surface area contributed by atoms with Crippen LogP contribution in [-0.4, -0.2) is 19.0 Å². The summed E-state index contributed by atoms with van der Waals surface area (Å²) in [7, 11) is 0. The molecule has 17 heavy (non-hydrogen) atoms. The van der Waals surface area contributed by atoms with Gasteiger partial charge in [-0.05, 0) is 38.5 Å². The van der Waals surface area contributed by atoms with Crippen molar-refractivity contribution in [3.8, 4) is 0 Å². The molecule has 0 unspecified atom stereocenters. The summed E-state index contributed by atoms with van der Waals surface area (Å²) in [6.07, 6.45) is 6.30. The van der Waals surface area contributed by atoms with E-state index in [1.807, 2.05) is 13.8 Å². The van der Waals surface area contributed by atoms with Gasteiger partial charge in [0, 0.05) is 13.1 Å². The van der Waals surface area contributed by atoms with Gasteiger partial charge in [0.15, 0.2) is 0 Å². The number of hydrogen-bond donors (Lipinski definition) is 2. The molecule has 0 saturated heterocycles. The van der Waals surface area contributed by atoms with E-state index in [0.717, 1.165) is 13.0 Å². The molecule has 1 fully saturated rings. The van der Waals surface area contributed by atoms with E-state index >= 15 is 0 Å². The summed E-state index contributed by atoms with van der Waals surface area (Å²) in [5.41, 5.74) is 5.52. The Balaban J connectivity index is 0.00000256. The van der Waals surface area contributed by atoms with E-state index in [9.17, 15) is 4.79 Å². The van der Waals surface area contributed by atoms with Crippen molar-refractivity contribution in [2.75, 3.05) is 13.1 Å². The minimum atomic E-state index is -0.437. The molecule has 0 heterocycles. The number of amides is 1. The zero-order chi connectivity index (χ0) is 12.2. The van der Waals surface area contributed by atoms with Crippen molar-refractivity contribution < 1.29 is 4.79 Å². The fraction of sp³-hybridized carbons (Fsp3) is 0.923. The number of carbonyl (C=O) groups is 1. The first-order chi connectivity index (χ1) is 7.46. The summed E-state index contributed by atoms with van der Waals surface area (Å²) in [5.74, 6) is 0.0923. The van der Waals surface area contributed by atoms with Gasteiger partial charge in [-0.15, -0.1) is 12.4 Å². The molecule has 1 rings (SSSR count). The molecule has 102 valence electrons. The number of halogens is 1. The molecule has 0 aromatic rings. The van der Waals surface area contributed by atoms with Crippen molar-refractivity contribution in [2.45, 2.75) is 52.9 Å². The van der Waals surface area contributed by atoms with E-state index in [1.54, 1.807) is 0 Å². The molecule has 1 aliphatic carbocycles. The summed E-state index contributed by atoms with van der Waals surface area (Å²) in [6, 6.07) is 0. The molecule has 1 amide bonds. The molecule has 0 aromatic carbocycles. The molecule has 4 heteroatoms. The molecule has 0 aliphatic heterocycles. The molecular weight excluding hydrogens is 236 g/mol. The normalized spacial score (nSPS) is 18.6. The van der Waals surface area contributed by atoms with Crippen LogP contribution in [-0.2, 0) is 4.79 Å². The van der Waals surface area contributed by atoms with Crippen LogP contribution in [0.25, 0.3) is 0 Å². The number of hydrogen-bond acceptors (Lipinski definition) is 2. The van der Waals surface area contributed by atoms with E-state index in [2.05, 4.69) is 12.2 Å². The second-order valence-electron chi connectivity index (χ2n) is 5.83. The Morgan fingerprint density at radius 3 is 2.29 bits per heavy atom. The van der Waals surface area contributed by atoms with Gasteiger partial charge in [0.1, 0.15) is 0 Å². The number of nitrogens with one attached hydrogen (secondary N) is 1. The first-order valence-corrected chi connectivity index (χ1v) is 6.44. The van der Waals surface area contributed by atoms with Gasteiger partial charge >= 0.3 is 0 Å². The fourth-order valence-corrected chi connectivity index (χ4v) is 2.38. The maximum absolute atomic E-state index is 11.9. The largest absolute Gasteiger partial charge is 0.355 e. The van der Waals surface area contributed by atoms with Crippen LogP contribution in [0.1, 0.15) is 52.9 Å². The molecule has 0 bridgehead atoms. The van der Waals surface area contributed by atoms with Gasteiger partial charge in [-0.1, -0.05) is 19.8 Å². The molecule has 0 radical (unpaired) electrons. The third-order valence-corrected chi connectivity index (χ3v) is 4.16. The lowest BCUT2D eigenvalue weighted by atomic mass is 9.82. The van der Waals surface area contributed by atoms with Crippen molar-refractivity contribution >= 4 is 18.3 Å². The summed E-state index contributed by atoms with van der Waals surface area (Å²) in [5, 5.41) is 3.09. The van der Waals surface area contributed by atoms with Crippen molar-refractivity contribution in [3.63, 3.8) is 0 Å². The number of nitrogens with two attached hydrogens (primary N) is 1. The van der Waals surface area contributed by atoms with Gasteiger partial charge in [-0.3, -0.25) is 4.79 Å². The van der Waals surface area contributed by atoms with Crippen molar-refractivity contribution in [1.29, 1.82) is 0 Å². The van der Waals surface area contributed by atoms with Gasteiger partial charge in [0.2, 0.25) is 5.91 Å². The monoisotopic (exact) mass is 262 g/mol. The highest BCUT2D eigenvalue weighted by Crippen LogP contribution is 2.40. The summed E-state index contributed by atoms with van der Waals surface area (Å²) >= 11 is 0. The van der Waals surface area contributed by atoms with Gasteiger partial charge in [0.25, 0.3) is 0 Å². The third kappa shape index (κ3) is 4.14. The maximum atomic E-state index is 11.9. The van der Waals surface area contributed by atoms with E-state index in [1.165, 1.54) is 25.7 Å². The zero-order valence-electron chi connectivity index (χ0n) is 11.3. The van der Waals surface area contributed by atoms with Crippen molar-refractivity contribution in [2.24, 2.45) is 16.6 Å². The van der Waals surface area contributed by atoms with Crippen molar-refractivity contribution in [3.05, 3.63) is 0 Å². The lowest BCUT2D eigenvalue weighted by Crippen LogP contribution is -2.45. The Morgan fingerprint density at radius 2 is 1.88 bits per heavy atom. The molecule has 1 aliphatic rings. The molecule has 0 spiro atoms. The van der Waals surface area contributed by atoms with E-state index in [-0.39, 0.29) is 18.3 Å². The Bertz CT molecular complexity index is 248. The van der Waals surface area contributed by atoms with E-state index in [0.29, 0.717) is 12.0 Å². The average molecular weight is 263 g/mol. The minimum Gasteiger partial charge on any atom is -0.355 e. The molecular formula is C13H27ClN2O. The standard InChI is InChI=1S/C13H26N2O.ClH/c1-4-13(7-5-6-8-13)10-15-11(16)12(2,3)9-14;/h4-10,14H2,1-3H3,(H,15,16);1H. The first-order valence-electron chi connectivity index (χ1n) is 6.44. The molecule has 3 N–H and O–H groups in total. The highest BCUT2D eigenvalue weighted by molar-refractivity contribution is 5.85. The van der Waals surface area contributed by atoms with E-state index < -0.39 is 5.41 Å². The first kappa shape index (κ1) is 16.7. The summed E-state index contributed by atoms with van der Waals surface area (Å²) in [6.45, 7) is 7.25. The minimum absolute atomic E-state index is 0. The van der Waals surface area contributed by atoms with Crippen LogP contribution in [0.15, 0.2) is 0 Å². The van der Waals surface area contributed by atoms with E-state index in [4.69, 9.17) is 5.73 Å². The second kappa shape index (κ2) is 6.60. The molecule has 1 saturated carbocycles. The third-order valence-electron chi connectivity index (χ3n) is 4.16. The molecule has 0 aromatic heterocycles. The average Bonchev–Trinajstić information content (AvgIpc) is 2.75. The van der Waals surface area contributed by atoms with Gasteiger partial charge in [-0.25, -0.2) is 0 Å². The summed E-state index contributed by atoms with van der Waals surface area (Å²) < 4.78 is 0. The van der Waals surface area contributed by atoms with Crippen molar-refractivity contribution in [1.82, 2.24) is 5.32 Å². The van der Waals surface area contributed by atoms with Crippen LogP contribution < -0.4 is 11.1 Å². The SMILES string of the molecule is CCC1(CNC(=O)C(C)(C)CN)CCCC1.Cl. The number of carbonyl (C=O) groups excluding carboxylic acids is 1. The highest BCUT2D eigenvalue weighted by Gasteiger charge is 2.34. The zero-order valence-corrected chi connectivity index (χ0v) is 12.2. The van der Waals surface area contributed by atoms with Crippen LogP contribution in [0, 0.1) is 10.8 Å². The summed E-state index contributed by atoms with van der Waals surface area (Å²) in [4.78, 5) is 11.9. The molecule has 0 atom stereocenters. The Hall–Kier alpha value is -0.280. The quantitative estimate of drug-likeness (QED) is 0.800.